The maximum atomic E-state index is 13.7. The van der Waals surface area contributed by atoms with Gasteiger partial charge in [0.05, 0.1) is 20.6 Å². The number of rotatable bonds is 9. The number of anilines is 1. The second-order valence-electron chi connectivity index (χ2n) is 7.86. The molecule has 7 nitrogen and oxygen atoms in total. The summed E-state index contributed by atoms with van der Waals surface area (Å²) in [5, 5.41) is 3.19. The van der Waals surface area contributed by atoms with Crippen molar-refractivity contribution in [2.75, 3.05) is 17.9 Å². The van der Waals surface area contributed by atoms with Gasteiger partial charge in [0.25, 0.3) is 10.0 Å². The Balaban J connectivity index is 2.03. The molecule has 190 valence electrons. The van der Waals surface area contributed by atoms with Crippen molar-refractivity contribution in [3.63, 3.8) is 0 Å². The normalized spacial score (nSPS) is 12.0. The third-order valence-corrected chi connectivity index (χ3v) is 8.48. The Morgan fingerprint density at radius 1 is 0.972 bits per heavy atom. The van der Waals surface area contributed by atoms with Crippen LogP contribution in [0, 0.1) is 0 Å². The molecule has 0 saturated carbocycles. The van der Waals surface area contributed by atoms with Crippen molar-refractivity contribution in [1.82, 2.24) is 10.2 Å². The first kappa shape index (κ1) is 28.0. The number of carbonyl (C=O) groups is 2. The van der Waals surface area contributed by atoms with Gasteiger partial charge in [-0.1, -0.05) is 69.5 Å². The topological polar surface area (TPSA) is 86.8 Å². The van der Waals surface area contributed by atoms with Gasteiger partial charge in [0.2, 0.25) is 11.8 Å². The Bertz CT molecular complexity index is 1360. The minimum atomic E-state index is -4.11. The molecule has 3 rings (SSSR count). The molecule has 0 heterocycles. The first-order valence-corrected chi connectivity index (χ1v) is 13.8. The number of nitrogens with zero attached hydrogens (tertiary/aromatic N) is 2. The summed E-state index contributed by atoms with van der Waals surface area (Å²) in [5.74, 6) is -0.972. The maximum absolute atomic E-state index is 13.7. The highest BCUT2D eigenvalue weighted by Crippen LogP contribution is 2.28. The summed E-state index contributed by atoms with van der Waals surface area (Å²) in [6.45, 7) is 1.06. The lowest BCUT2D eigenvalue weighted by atomic mass is 10.1. The van der Waals surface area contributed by atoms with Gasteiger partial charge >= 0.3 is 0 Å². The molecule has 0 aliphatic heterocycles. The van der Waals surface area contributed by atoms with Crippen LogP contribution in [0.1, 0.15) is 12.5 Å². The molecule has 0 unspecified atom stereocenters. The fraction of sp³-hybridized carbons (Fsp3) is 0.200. The van der Waals surface area contributed by atoms with Crippen LogP contribution in [-0.2, 0) is 26.2 Å². The van der Waals surface area contributed by atoms with Crippen molar-refractivity contribution in [1.29, 1.82) is 0 Å². The van der Waals surface area contributed by atoms with E-state index >= 15 is 0 Å². The number of hydrogen-bond acceptors (Lipinski definition) is 4. The summed E-state index contributed by atoms with van der Waals surface area (Å²) >= 11 is 15.5. The smallest absolute Gasteiger partial charge is 0.264 e. The Morgan fingerprint density at radius 3 is 2.28 bits per heavy atom. The number of halogens is 3. The molecule has 1 atom stereocenters. The molecule has 0 aliphatic carbocycles. The Morgan fingerprint density at radius 2 is 1.67 bits per heavy atom. The van der Waals surface area contributed by atoms with Gasteiger partial charge in [-0.25, -0.2) is 8.42 Å². The van der Waals surface area contributed by atoms with Crippen molar-refractivity contribution in [2.24, 2.45) is 0 Å². The molecule has 0 aliphatic rings. The largest absolute Gasteiger partial charge is 0.357 e. The lowest BCUT2D eigenvalue weighted by Crippen LogP contribution is -2.50. The van der Waals surface area contributed by atoms with Crippen LogP contribution in [0.2, 0.25) is 10.0 Å². The van der Waals surface area contributed by atoms with E-state index in [0.717, 1.165) is 4.31 Å². The molecule has 0 spiro atoms. The van der Waals surface area contributed by atoms with Crippen LogP contribution in [0.5, 0.6) is 0 Å². The van der Waals surface area contributed by atoms with Gasteiger partial charge in [-0.2, -0.15) is 0 Å². The molecule has 36 heavy (non-hydrogen) atoms. The van der Waals surface area contributed by atoms with E-state index in [4.69, 9.17) is 23.2 Å². The molecule has 11 heteroatoms. The van der Waals surface area contributed by atoms with Crippen molar-refractivity contribution in [3.8, 4) is 0 Å². The van der Waals surface area contributed by atoms with Crippen LogP contribution in [-0.4, -0.2) is 44.8 Å². The van der Waals surface area contributed by atoms with Gasteiger partial charge < -0.3 is 10.2 Å². The monoisotopic (exact) mass is 611 g/mol. The number of amides is 2. The van der Waals surface area contributed by atoms with Crippen LogP contribution in [0.15, 0.2) is 82.2 Å². The summed E-state index contributed by atoms with van der Waals surface area (Å²) in [6, 6.07) is 18.5. The van der Waals surface area contributed by atoms with Crippen LogP contribution in [0.4, 0.5) is 5.69 Å². The average Bonchev–Trinajstić information content (AvgIpc) is 2.87. The third kappa shape index (κ3) is 6.59. The first-order valence-electron chi connectivity index (χ1n) is 10.8. The molecule has 1 N–H and O–H groups in total. The van der Waals surface area contributed by atoms with Gasteiger partial charge in [-0.3, -0.25) is 13.9 Å². The number of carbonyl (C=O) groups excluding carboxylic acids is 2. The number of nitrogens with one attached hydrogen (secondary N) is 1. The van der Waals surface area contributed by atoms with E-state index in [-0.39, 0.29) is 11.4 Å². The highest BCUT2D eigenvalue weighted by atomic mass is 79.9. The zero-order chi connectivity index (χ0) is 26.5. The van der Waals surface area contributed by atoms with Crippen LogP contribution >= 0.6 is 39.1 Å². The predicted octanol–water partition coefficient (Wildman–Crippen LogP) is 5.11. The Labute approximate surface area is 229 Å². The predicted molar refractivity (Wildman–Crippen MR) is 146 cm³/mol. The highest BCUT2D eigenvalue weighted by molar-refractivity contribution is 9.10. The molecular weight excluding hydrogens is 589 g/mol. The van der Waals surface area contributed by atoms with E-state index in [1.165, 1.54) is 24.1 Å². The molecule has 3 aromatic carbocycles. The first-order chi connectivity index (χ1) is 17.0. The standard InChI is InChI=1S/C25H24BrCl2N3O4S/c1-17(25(33)29-2)30(15-18-11-12-22(27)23(28)13-18)24(32)16-31(20-8-6-7-19(26)14-20)36(34,35)21-9-4-3-5-10-21/h3-14,17H,15-16H2,1-2H3,(H,29,33)/t17-/m0/s1. The lowest BCUT2D eigenvalue weighted by molar-refractivity contribution is -0.139. The van der Waals surface area contributed by atoms with Crippen LogP contribution in [0.25, 0.3) is 0 Å². The number of sulfonamides is 1. The highest BCUT2D eigenvalue weighted by Gasteiger charge is 2.32. The molecule has 0 bridgehead atoms. The van der Waals surface area contributed by atoms with Gasteiger partial charge in [-0.05, 0) is 55.0 Å². The Hall–Kier alpha value is -2.59. The van der Waals surface area contributed by atoms with E-state index in [2.05, 4.69) is 21.2 Å². The van der Waals surface area contributed by atoms with Crippen molar-refractivity contribution in [2.45, 2.75) is 24.4 Å². The number of hydrogen-bond donors (Lipinski definition) is 1. The van der Waals surface area contributed by atoms with Gasteiger partial charge in [0, 0.05) is 18.1 Å². The summed E-state index contributed by atoms with van der Waals surface area (Å²) in [5.41, 5.74) is 0.928. The van der Waals surface area contributed by atoms with Crippen molar-refractivity contribution >= 4 is 66.7 Å². The zero-order valence-corrected chi connectivity index (χ0v) is 23.4. The molecule has 3 aromatic rings. The quantitative estimate of drug-likeness (QED) is 0.364. The lowest BCUT2D eigenvalue weighted by Gasteiger charge is -2.32. The van der Waals surface area contributed by atoms with Crippen LogP contribution < -0.4 is 9.62 Å². The van der Waals surface area contributed by atoms with Gasteiger partial charge in [0.15, 0.2) is 0 Å². The molecular formula is C25H24BrCl2N3O4S. The summed E-state index contributed by atoms with van der Waals surface area (Å²) in [6.07, 6.45) is 0. The van der Waals surface area contributed by atoms with Crippen molar-refractivity contribution in [3.05, 3.63) is 92.9 Å². The van der Waals surface area contributed by atoms with E-state index in [1.807, 2.05) is 0 Å². The van der Waals surface area contributed by atoms with Crippen LogP contribution in [0.3, 0.4) is 0 Å². The SMILES string of the molecule is CNC(=O)[C@H](C)N(Cc1ccc(Cl)c(Cl)c1)C(=O)CN(c1cccc(Br)c1)S(=O)(=O)c1ccccc1. The molecule has 0 radical (unpaired) electrons. The van der Waals surface area contributed by atoms with E-state index in [1.54, 1.807) is 67.6 Å². The molecule has 0 saturated heterocycles. The maximum Gasteiger partial charge on any atom is 0.264 e. The summed E-state index contributed by atoms with van der Waals surface area (Å²) < 4.78 is 28.9. The minimum Gasteiger partial charge on any atom is -0.357 e. The number of benzene rings is 3. The molecule has 0 aromatic heterocycles. The zero-order valence-electron chi connectivity index (χ0n) is 19.5. The fourth-order valence-corrected chi connectivity index (χ4v) is 5.64. The minimum absolute atomic E-state index is 0.0159. The van der Waals surface area contributed by atoms with E-state index in [0.29, 0.717) is 25.8 Å². The Kier molecular flexibility index (Phi) is 9.41. The summed E-state index contributed by atoms with van der Waals surface area (Å²) in [4.78, 5) is 27.5. The van der Waals surface area contributed by atoms with Gasteiger partial charge in [0.1, 0.15) is 12.6 Å². The van der Waals surface area contributed by atoms with Gasteiger partial charge in [-0.15, -0.1) is 0 Å². The number of likely N-dealkylation sites (N-methyl/N-ethyl adjacent to an activating group) is 1. The third-order valence-electron chi connectivity index (χ3n) is 5.46. The fourth-order valence-electron chi connectivity index (χ4n) is 3.51. The second kappa shape index (κ2) is 12.1. The van der Waals surface area contributed by atoms with E-state index in [9.17, 15) is 18.0 Å². The average molecular weight is 613 g/mol. The molecule has 2 amide bonds. The summed E-state index contributed by atoms with van der Waals surface area (Å²) in [7, 11) is -2.64. The van der Waals surface area contributed by atoms with E-state index < -0.39 is 34.4 Å². The second-order valence-corrected chi connectivity index (χ2v) is 11.5. The van der Waals surface area contributed by atoms with Crippen molar-refractivity contribution < 1.29 is 18.0 Å². The molecule has 0 fully saturated rings.